The molecule has 0 saturated carbocycles. The van der Waals surface area contributed by atoms with E-state index in [-0.39, 0.29) is 30.7 Å². The van der Waals surface area contributed by atoms with E-state index in [1.54, 1.807) is 0 Å². The molecule has 0 aliphatic carbocycles. The van der Waals surface area contributed by atoms with Gasteiger partial charge in [0.25, 0.3) is 0 Å². The second-order valence-corrected chi connectivity index (χ2v) is 7.67. The van der Waals surface area contributed by atoms with Crippen LogP contribution in [0.15, 0.2) is 0 Å². The minimum Gasteiger partial charge on any atom is -0.356 e. The van der Waals surface area contributed by atoms with E-state index >= 15 is 0 Å². The molecule has 0 aromatic rings. The molecule has 9 heteroatoms. The van der Waals surface area contributed by atoms with E-state index in [2.05, 4.69) is 16.0 Å². The van der Waals surface area contributed by atoms with Gasteiger partial charge in [0.1, 0.15) is 6.04 Å². The van der Waals surface area contributed by atoms with Gasteiger partial charge in [0, 0.05) is 20.0 Å². The standard InChI is InChI=1S/C20H36N4O5/c1-16(26)21-12-9-7-11-18-20(28)22-13-8-5-3-2-4-6-10-17(19(27)23-18)14-24(29)15-25/h15,17-18,29H,2-14H2,1H3,(H,21,26)(H,22,28)(H,23,27)/t17-,18+/m1/s1. The first-order valence-corrected chi connectivity index (χ1v) is 10.7. The predicted molar refractivity (Wildman–Crippen MR) is 108 cm³/mol. The lowest BCUT2D eigenvalue weighted by molar-refractivity contribution is -0.155. The van der Waals surface area contributed by atoms with Gasteiger partial charge in [-0.1, -0.05) is 32.1 Å². The molecule has 29 heavy (non-hydrogen) atoms. The summed E-state index contributed by atoms with van der Waals surface area (Å²) in [5.41, 5.74) is 0. The number of carbonyl (C=O) groups excluding carboxylic acids is 4. The summed E-state index contributed by atoms with van der Waals surface area (Å²) < 4.78 is 0. The summed E-state index contributed by atoms with van der Waals surface area (Å²) >= 11 is 0. The van der Waals surface area contributed by atoms with Gasteiger partial charge >= 0.3 is 0 Å². The van der Waals surface area contributed by atoms with Gasteiger partial charge in [-0.05, 0) is 32.1 Å². The summed E-state index contributed by atoms with van der Waals surface area (Å²) in [6.45, 7) is 2.47. The van der Waals surface area contributed by atoms with Crippen LogP contribution in [0.5, 0.6) is 0 Å². The summed E-state index contributed by atoms with van der Waals surface area (Å²) in [6, 6.07) is -0.673. The number of hydrogen-bond donors (Lipinski definition) is 4. The summed E-state index contributed by atoms with van der Waals surface area (Å²) in [7, 11) is 0. The van der Waals surface area contributed by atoms with Gasteiger partial charge in [-0.3, -0.25) is 24.4 Å². The van der Waals surface area contributed by atoms with Crippen LogP contribution in [0, 0.1) is 5.92 Å². The number of nitrogens with zero attached hydrogens (tertiary/aromatic N) is 1. The zero-order valence-corrected chi connectivity index (χ0v) is 17.5. The molecule has 1 fully saturated rings. The fourth-order valence-corrected chi connectivity index (χ4v) is 3.43. The average Bonchev–Trinajstić information content (AvgIpc) is 2.69. The molecule has 0 unspecified atom stereocenters. The molecule has 2 atom stereocenters. The molecule has 1 aliphatic heterocycles. The summed E-state index contributed by atoms with van der Waals surface area (Å²) in [4.78, 5) is 47.0. The van der Waals surface area contributed by atoms with Gasteiger partial charge in [-0.2, -0.15) is 0 Å². The molecule has 0 spiro atoms. The Labute approximate surface area is 172 Å². The molecular formula is C20H36N4O5. The zero-order valence-electron chi connectivity index (χ0n) is 17.5. The van der Waals surface area contributed by atoms with Crippen molar-refractivity contribution in [2.24, 2.45) is 5.92 Å². The molecule has 166 valence electrons. The van der Waals surface area contributed by atoms with Crippen molar-refractivity contribution in [3.05, 3.63) is 0 Å². The van der Waals surface area contributed by atoms with Crippen molar-refractivity contribution in [1.82, 2.24) is 21.0 Å². The summed E-state index contributed by atoms with van der Waals surface area (Å²) in [6.07, 6.45) is 8.60. The number of hydroxylamine groups is 2. The maximum atomic E-state index is 12.8. The smallest absolute Gasteiger partial charge is 0.242 e. The number of unbranched alkanes of at least 4 members (excludes halogenated alkanes) is 1. The van der Waals surface area contributed by atoms with Crippen LogP contribution in [0.25, 0.3) is 0 Å². The van der Waals surface area contributed by atoms with E-state index < -0.39 is 12.0 Å². The van der Waals surface area contributed by atoms with Crippen molar-refractivity contribution < 1.29 is 24.4 Å². The van der Waals surface area contributed by atoms with Gasteiger partial charge in [0.15, 0.2) is 0 Å². The first-order chi connectivity index (χ1) is 13.9. The Morgan fingerprint density at radius 2 is 1.83 bits per heavy atom. The zero-order chi connectivity index (χ0) is 21.5. The third-order valence-electron chi connectivity index (χ3n) is 5.11. The topological polar surface area (TPSA) is 128 Å². The van der Waals surface area contributed by atoms with Crippen LogP contribution in [-0.2, 0) is 19.2 Å². The molecule has 1 saturated heterocycles. The number of carbonyl (C=O) groups is 4. The number of amides is 4. The fourth-order valence-electron chi connectivity index (χ4n) is 3.43. The normalized spacial score (nSPS) is 22.0. The van der Waals surface area contributed by atoms with Gasteiger partial charge in [-0.15, -0.1) is 0 Å². The highest BCUT2D eigenvalue weighted by Gasteiger charge is 2.26. The second kappa shape index (κ2) is 14.8. The molecule has 1 rings (SSSR count). The highest BCUT2D eigenvalue weighted by Crippen LogP contribution is 2.15. The molecule has 0 radical (unpaired) electrons. The molecule has 1 heterocycles. The Morgan fingerprint density at radius 3 is 2.52 bits per heavy atom. The van der Waals surface area contributed by atoms with Crippen LogP contribution in [0.2, 0.25) is 0 Å². The first kappa shape index (κ1) is 24.9. The Bertz CT molecular complexity index is 529. The summed E-state index contributed by atoms with van der Waals surface area (Å²) in [5, 5.41) is 18.4. The van der Waals surface area contributed by atoms with Crippen molar-refractivity contribution >= 4 is 24.1 Å². The Hall–Kier alpha value is -2.16. The monoisotopic (exact) mass is 412 g/mol. The third kappa shape index (κ3) is 11.4. The Balaban J connectivity index is 2.73. The molecule has 0 aromatic carbocycles. The van der Waals surface area contributed by atoms with E-state index in [0.717, 1.165) is 38.5 Å². The second-order valence-electron chi connectivity index (χ2n) is 7.67. The summed E-state index contributed by atoms with van der Waals surface area (Å²) in [5.74, 6) is -1.21. The highest BCUT2D eigenvalue weighted by molar-refractivity contribution is 5.88. The van der Waals surface area contributed by atoms with Crippen LogP contribution < -0.4 is 16.0 Å². The molecule has 0 aromatic heterocycles. The molecule has 4 amide bonds. The highest BCUT2D eigenvalue weighted by atomic mass is 16.5. The molecular weight excluding hydrogens is 376 g/mol. The van der Waals surface area contributed by atoms with Crippen LogP contribution in [-0.4, -0.2) is 60.1 Å². The van der Waals surface area contributed by atoms with Gasteiger partial charge in [0.2, 0.25) is 24.1 Å². The van der Waals surface area contributed by atoms with Crippen LogP contribution >= 0.6 is 0 Å². The predicted octanol–water partition coefficient (Wildman–Crippen LogP) is 1.10. The number of rotatable bonds is 8. The van der Waals surface area contributed by atoms with E-state index in [9.17, 15) is 24.4 Å². The van der Waals surface area contributed by atoms with Crippen LogP contribution in [0.3, 0.4) is 0 Å². The lowest BCUT2D eigenvalue weighted by Gasteiger charge is -2.24. The van der Waals surface area contributed by atoms with Gasteiger partial charge in [-0.25, -0.2) is 5.06 Å². The molecule has 0 bridgehead atoms. The van der Waals surface area contributed by atoms with Crippen molar-refractivity contribution in [2.45, 2.75) is 77.2 Å². The molecule has 4 N–H and O–H groups in total. The van der Waals surface area contributed by atoms with Crippen LogP contribution in [0.4, 0.5) is 0 Å². The van der Waals surface area contributed by atoms with Gasteiger partial charge < -0.3 is 16.0 Å². The SMILES string of the molecule is CC(=O)NCCCC[C@@H]1NC(=O)[C@@H](CN(O)C=O)CCCCCCCCNC1=O. The van der Waals surface area contributed by atoms with E-state index in [4.69, 9.17) is 0 Å². The van der Waals surface area contributed by atoms with Crippen molar-refractivity contribution in [3.63, 3.8) is 0 Å². The Kier molecular flexibility index (Phi) is 12.7. The maximum Gasteiger partial charge on any atom is 0.242 e. The fraction of sp³-hybridized carbons (Fsp3) is 0.800. The van der Waals surface area contributed by atoms with E-state index in [0.29, 0.717) is 43.8 Å². The van der Waals surface area contributed by atoms with Crippen LogP contribution in [0.1, 0.15) is 71.1 Å². The van der Waals surface area contributed by atoms with Crippen molar-refractivity contribution in [1.29, 1.82) is 0 Å². The van der Waals surface area contributed by atoms with Gasteiger partial charge in [0.05, 0.1) is 12.5 Å². The minimum atomic E-state index is -0.673. The van der Waals surface area contributed by atoms with E-state index in [1.165, 1.54) is 6.92 Å². The third-order valence-corrected chi connectivity index (χ3v) is 5.11. The first-order valence-electron chi connectivity index (χ1n) is 10.7. The quantitative estimate of drug-likeness (QED) is 0.205. The lowest BCUT2D eigenvalue weighted by atomic mass is 9.97. The molecule has 9 nitrogen and oxygen atoms in total. The number of nitrogens with one attached hydrogen (secondary N) is 3. The average molecular weight is 413 g/mol. The van der Waals surface area contributed by atoms with Crippen molar-refractivity contribution in [3.8, 4) is 0 Å². The lowest BCUT2D eigenvalue weighted by Crippen LogP contribution is -2.50. The largest absolute Gasteiger partial charge is 0.356 e. The Morgan fingerprint density at radius 1 is 1.14 bits per heavy atom. The number of hydrogen-bond acceptors (Lipinski definition) is 5. The van der Waals surface area contributed by atoms with E-state index in [1.807, 2.05) is 0 Å². The molecule has 1 aliphatic rings. The minimum absolute atomic E-state index is 0.0911. The van der Waals surface area contributed by atoms with Crippen molar-refractivity contribution in [2.75, 3.05) is 19.6 Å². The maximum absolute atomic E-state index is 12.8.